The number of hydrogen-bond acceptors (Lipinski definition) is 7. The smallest absolute Gasteiger partial charge is 0.257 e. The molecular formula is C31H38N4O5S2. The van der Waals surface area contributed by atoms with E-state index >= 15 is 0 Å². The van der Waals surface area contributed by atoms with Gasteiger partial charge in [0.05, 0.1) is 23.7 Å². The molecule has 9 nitrogen and oxygen atoms in total. The molecule has 2 aromatic carbocycles. The maximum atomic E-state index is 13.8. The van der Waals surface area contributed by atoms with E-state index in [1.54, 1.807) is 11.9 Å². The van der Waals surface area contributed by atoms with Crippen molar-refractivity contribution in [2.75, 3.05) is 51.8 Å². The monoisotopic (exact) mass is 610 g/mol. The van der Waals surface area contributed by atoms with E-state index in [0.29, 0.717) is 55.5 Å². The average molecular weight is 611 g/mol. The summed E-state index contributed by atoms with van der Waals surface area (Å²) >= 11 is 1.46. The summed E-state index contributed by atoms with van der Waals surface area (Å²) in [7, 11) is -2.07. The van der Waals surface area contributed by atoms with Gasteiger partial charge in [0.25, 0.3) is 11.8 Å². The third-order valence-corrected chi connectivity index (χ3v) is 10.8. The number of nitrogens with one attached hydrogen (secondary N) is 1. The maximum Gasteiger partial charge on any atom is 0.257 e. The standard InChI is InChI=1S/C31H38N4O5S2/c1-3-4-15-33(2)42(38,39)25-12-10-24(11-13-25)29(36)32-30-28(31(37)35-17-19-40-20-18-35)26-14-16-34(22-27(26)41-30)21-23-8-6-5-7-9-23/h5-13H,3-4,14-22H2,1-2H3,(H,32,36). The van der Waals surface area contributed by atoms with Crippen LogP contribution in [0.1, 0.15) is 56.5 Å². The van der Waals surface area contributed by atoms with Gasteiger partial charge in [-0.1, -0.05) is 43.7 Å². The van der Waals surface area contributed by atoms with Crippen LogP contribution in [0.4, 0.5) is 5.00 Å². The number of amides is 2. The summed E-state index contributed by atoms with van der Waals surface area (Å²) in [6, 6.07) is 16.3. The summed E-state index contributed by atoms with van der Waals surface area (Å²) in [4.78, 5) is 32.6. The van der Waals surface area contributed by atoms with Crippen molar-refractivity contribution in [1.82, 2.24) is 14.1 Å². The summed E-state index contributed by atoms with van der Waals surface area (Å²) in [5.41, 5.74) is 3.14. The highest BCUT2D eigenvalue weighted by molar-refractivity contribution is 7.89. The molecule has 11 heteroatoms. The van der Waals surface area contributed by atoms with Crippen LogP contribution in [0.2, 0.25) is 0 Å². The van der Waals surface area contributed by atoms with E-state index in [9.17, 15) is 18.0 Å². The first kappa shape index (κ1) is 30.4. The lowest BCUT2D eigenvalue weighted by molar-refractivity contribution is 0.0302. The van der Waals surface area contributed by atoms with Crippen molar-refractivity contribution >= 4 is 38.2 Å². The number of carbonyl (C=O) groups excluding carboxylic acids is 2. The first-order valence-corrected chi connectivity index (χ1v) is 16.7. The fourth-order valence-corrected chi connectivity index (χ4v) is 7.79. The van der Waals surface area contributed by atoms with Crippen LogP contribution < -0.4 is 5.32 Å². The zero-order chi connectivity index (χ0) is 29.7. The molecule has 2 aliphatic rings. The lowest BCUT2D eigenvalue weighted by atomic mass is 10.0. The van der Waals surface area contributed by atoms with Gasteiger partial charge in [0.1, 0.15) is 5.00 Å². The second kappa shape index (κ2) is 13.5. The van der Waals surface area contributed by atoms with Crippen LogP contribution in [0.5, 0.6) is 0 Å². The number of sulfonamides is 1. The quantitative estimate of drug-likeness (QED) is 0.364. The van der Waals surface area contributed by atoms with Gasteiger partial charge in [-0.05, 0) is 48.2 Å². The van der Waals surface area contributed by atoms with Crippen LogP contribution >= 0.6 is 11.3 Å². The van der Waals surface area contributed by atoms with E-state index < -0.39 is 10.0 Å². The van der Waals surface area contributed by atoms with Crippen LogP contribution in [-0.4, -0.2) is 80.8 Å². The topological polar surface area (TPSA) is 99.3 Å². The van der Waals surface area contributed by atoms with Gasteiger partial charge in [-0.3, -0.25) is 14.5 Å². The molecule has 224 valence electrons. The normalized spacial score (nSPS) is 15.9. The number of unbranched alkanes of at least 4 members (excludes halogenated alkanes) is 1. The van der Waals surface area contributed by atoms with E-state index in [4.69, 9.17) is 4.74 Å². The highest BCUT2D eigenvalue weighted by Crippen LogP contribution is 2.38. The van der Waals surface area contributed by atoms with E-state index in [1.165, 1.54) is 45.5 Å². The Labute approximate surface area is 252 Å². The van der Waals surface area contributed by atoms with Crippen molar-refractivity contribution < 1.29 is 22.7 Å². The van der Waals surface area contributed by atoms with Crippen molar-refractivity contribution in [3.8, 4) is 0 Å². The van der Waals surface area contributed by atoms with Gasteiger partial charge in [0, 0.05) is 56.8 Å². The van der Waals surface area contributed by atoms with Crippen molar-refractivity contribution in [3.63, 3.8) is 0 Å². The molecule has 0 unspecified atom stereocenters. The van der Waals surface area contributed by atoms with Gasteiger partial charge in [0.15, 0.2) is 0 Å². The Bertz CT molecular complexity index is 1500. The van der Waals surface area contributed by atoms with E-state index in [1.807, 2.05) is 25.1 Å². The second-order valence-corrected chi connectivity index (χ2v) is 13.9. The van der Waals surface area contributed by atoms with Crippen LogP contribution in [-0.2, 0) is 34.3 Å². The minimum absolute atomic E-state index is 0.0841. The fraction of sp³-hybridized carbons (Fsp3) is 0.419. The van der Waals surface area contributed by atoms with E-state index in [2.05, 4.69) is 22.3 Å². The first-order chi connectivity index (χ1) is 20.3. The van der Waals surface area contributed by atoms with Crippen LogP contribution in [0.25, 0.3) is 0 Å². The van der Waals surface area contributed by atoms with Crippen LogP contribution in [0.3, 0.4) is 0 Å². The summed E-state index contributed by atoms with van der Waals surface area (Å²) in [6.45, 7) is 6.80. The van der Waals surface area contributed by atoms with Crippen LogP contribution in [0, 0.1) is 0 Å². The summed E-state index contributed by atoms with van der Waals surface area (Å²) in [5.74, 6) is -0.465. The molecule has 0 radical (unpaired) electrons. The summed E-state index contributed by atoms with van der Waals surface area (Å²) in [5, 5.41) is 3.54. The molecule has 1 fully saturated rings. The molecule has 1 N–H and O–H groups in total. The predicted molar refractivity (Wildman–Crippen MR) is 164 cm³/mol. The number of ether oxygens (including phenoxy) is 1. The number of rotatable bonds is 10. The molecule has 0 aliphatic carbocycles. The average Bonchev–Trinajstić information content (AvgIpc) is 3.37. The molecular weight excluding hydrogens is 572 g/mol. The summed E-state index contributed by atoms with van der Waals surface area (Å²) in [6.07, 6.45) is 2.39. The molecule has 1 saturated heterocycles. The van der Waals surface area contributed by atoms with Gasteiger partial charge in [-0.25, -0.2) is 12.7 Å². The van der Waals surface area contributed by atoms with Crippen molar-refractivity contribution in [3.05, 3.63) is 81.7 Å². The Hall–Kier alpha value is -3.09. The van der Waals surface area contributed by atoms with Crippen LogP contribution in [0.15, 0.2) is 59.5 Å². The minimum Gasteiger partial charge on any atom is -0.378 e. The molecule has 0 spiro atoms. The highest BCUT2D eigenvalue weighted by atomic mass is 32.2. The number of carbonyl (C=O) groups is 2. The SMILES string of the molecule is CCCCN(C)S(=O)(=O)c1ccc(C(=O)Nc2sc3c(c2C(=O)N2CCOCC2)CCN(Cc2ccccc2)C3)cc1. The molecule has 3 heterocycles. The fourth-order valence-electron chi connectivity index (χ4n) is 5.31. The van der Waals surface area contributed by atoms with Gasteiger partial charge in [0.2, 0.25) is 10.0 Å². The number of anilines is 1. The number of hydrogen-bond donors (Lipinski definition) is 1. The molecule has 0 bridgehead atoms. The number of benzene rings is 2. The first-order valence-electron chi connectivity index (χ1n) is 14.4. The minimum atomic E-state index is -3.63. The Morgan fingerprint density at radius 2 is 1.74 bits per heavy atom. The third kappa shape index (κ3) is 6.76. The van der Waals surface area contributed by atoms with Gasteiger partial charge < -0.3 is 15.0 Å². The molecule has 3 aromatic rings. The largest absolute Gasteiger partial charge is 0.378 e. The Balaban J connectivity index is 1.37. The maximum absolute atomic E-state index is 13.8. The second-order valence-electron chi connectivity index (χ2n) is 10.7. The Morgan fingerprint density at radius 3 is 2.43 bits per heavy atom. The zero-order valence-corrected chi connectivity index (χ0v) is 25.8. The predicted octanol–water partition coefficient (Wildman–Crippen LogP) is 4.45. The number of morpholine rings is 1. The molecule has 42 heavy (non-hydrogen) atoms. The molecule has 5 rings (SSSR count). The van der Waals surface area contributed by atoms with Crippen molar-refractivity contribution in [2.45, 2.75) is 44.2 Å². The lowest BCUT2D eigenvalue weighted by Gasteiger charge is -2.29. The molecule has 2 aliphatic heterocycles. The molecule has 2 amide bonds. The third-order valence-electron chi connectivity index (χ3n) is 7.78. The van der Waals surface area contributed by atoms with Gasteiger partial charge in [-0.2, -0.15) is 0 Å². The number of nitrogens with zero attached hydrogens (tertiary/aromatic N) is 3. The number of thiophene rings is 1. The van der Waals surface area contributed by atoms with E-state index in [0.717, 1.165) is 42.8 Å². The molecule has 0 atom stereocenters. The van der Waals surface area contributed by atoms with E-state index in [-0.39, 0.29) is 16.7 Å². The lowest BCUT2D eigenvalue weighted by Crippen LogP contribution is -2.41. The molecule has 0 saturated carbocycles. The van der Waals surface area contributed by atoms with Gasteiger partial charge >= 0.3 is 0 Å². The van der Waals surface area contributed by atoms with Crippen molar-refractivity contribution in [1.29, 1.82) is 0 Å². The van der Waals surface area contributed by atoms with Crippen molar-refractivity contribution in [2.24, 2.45) is 0 Å². The highest BCUT2D eigenvalue weighted by Gasteiger charge is 2.32. The Kier molecular flexibility index (Phi) is 9.74. The zero-order valence-electron chi connectivity index (χ0n) is 24.2. The Morgan fingerprint density at radius 1 is 1.02 bits per heavy atom. The molecule has 1 aromatic heterocycles. The summed E-state index contributed by atoms with van der Waals surface area (Å²) < 4.78 is 32.6. The number of fused-ring (bicyclic) bond motifs is 1. The van der Waals surface area contributed by atoms with Gasteiger partial charge in [-0.15, -0.1) is 11.3 Å².